The number of pyridine rings is 1. The van der Waals surface area contributed by atoms with Gasteiger partial charge in [-0.2, -0.15) is 0 Å². The van der Waals surface area contributed by atoms with E-state index in [9.17, 15) is 10.1 Å². The van der Waals surface area contributed by atoms with Crippen LogP contribution in [0.2, 0.25) is 0 Å². The molecule has 0 atom stereocenters. The molecular formula is C14H14N4O3. The van der Waals surface area contributed by atoms with Crippen molar-refractivity contribution in [1.82, 2.24) is 4.98 Å². The van der Waals surface area contributed by atoms with Gasteiger partial charge in [0.1, 0.15) is 11.6 Å². The number of nitrogen functional groups attached to an aromatic ring is 1. The zero-order valence-electron chi connectivity index (χ0n) is 11.6. The number of nitro benzene ring substituents is 1. The van der Waals surface area contributed by atoms with Crippen molar-refractivity contribution in [3.05, 3.63) is 57.3 Å². The summed E-state index contributed by atoms with van der Waals surface area (Å²) in [7, 11) is 0. The molecule has 0 amide bonds. The van der Waals surface area contributed by atoms with Crippen LogP contribution in [-0.2, 0) is 0 Å². The number of hydrogen-bond donors (Lipinski definition) is 2. The number of ether oxygens (including phenoxy) is 1. The van der Waals surface area contributed by atoms with Gasteiger partial charge in [-0.15, -0.1) is 0 Å². The normalized spacial score (nSPS) is 10.2. The van der Waals surface area contributed by atoms with E-state index in [1.165, 1.54) is 18.3 Å². The highest BCUT2D eigenvalue weighted by Gasteiger charge is 2.15. The quantitative estimate of drug-likeness (QED) is 0.388. The monoisotopic (exact) mass is 286 g/mol. The van der Waals surface area contributed by atoms with Gasteiger partial charge in [-0.3, -0.25) is 15.5 Å². The van der Waals surface area contributed by atoms with Gasteiger partial charge in [-0.25, -0.2) is 4.98 Å². The van der Waals surface area contributed by atoms with Gasteiger partial charge in [0.2, 0.25) is 5.88 Å². The van der Waals surface area contributed by atoms with Crippen molar-refractivity contribution in [2.24, 2.45) is 5.73 Å². The smallest absolute Gasteiger partial charge is 0.273 e. The highest BCUT2D eigenvalue weighted by Crippen LogP contribution is 2.30. The second-order valence-electron chi connectivity index (χ2n) is 4.53. The van der Waals surface area contributed by atoms with Gasteiger partial charge in [0.05, 0.1) is 16.6 Å². The van der Waals surface area contributed by atoms with E-state index in [4.69, 9.17) is 15.9 Å². The van der Waals surface area contributed by atoms with Crippen LogP contribution in [0.1, 0.15) is 16.7 Å². The average molecular weight is 286 g/mol. The van der Waals surface area contributed by atoms with Crippen molar-refractivity contribution < 1.29 is 9.66 Å². The summed E-state index contributed by atoms with van der Waals surface area (Å²) in [5, 5.41) is 18.4. The Kier molecular flexibility index (Phi) is 3.84. The molecule has 0 saturated carbocycles. The first-order valence-corrected chi connectivity index (χ1v) is 6.13. The molecule has 3 N–H and O–H groups in total. The number of aromatic nitrogens is 1. The Morgan fingerprint density at radius 1 is 1.33 bits per heavy atom. The van der Waals surface area contributed by atoms with Gasteiger partial charge in [0.25, 0.3) is 5.69 Å². The fourth-order valence-corrected chi connectivity index (χ4v) is 1.85. The molecule has 2 rings (SSSR count). The predicted octanol–water partition coefficient (Wildman–Crippen LogP) is 2.68. The molecule has 0 radical (unpaired) electrons. The number of nitro groups is 1. The van der Waals surface area contributed by atoms with E-state index in [0.29, 0.717) is 11.3 Å². The predicted molar refractivity (Wildman–Crippen MR) is 77.9 cm³/mol. The van der Waals surface area contributed by atoms with E-state index in [-0.39, 0.29) is 17.4 Å². The molecule has 1 aromatic carbocycles. The molecule has 2 aromatic rings. The SMILES string of the molecule is Cc1ccc([N+](=O)[O-])cc1Oc1nccc(C)c1C(=N)N. The highest BCUT2D eigenvalue weighted by molar-refractivity contribution is 5.98. The Hall–Kier alpha value is -2.96. The molecule has 108 valence electrons. The summed E-state index contributed by atoms with van der Waals surface area (Å²) < 4.78 is 5.64. The fraction of sp³-hybridized carbons (Fsp3) is 0.143. The summed E-state index contributed by atoms with van der Waals surface area (Å²) in [6, 6.07) is 6.03. The van der Waals surface area contributed by atoms with Gasteiger partial charge in [0.15, 0.2) is 0 Å². The third-order valence-electron chi connectivity index (χ3n) is 2.98. The van der Waals surface area contributed by atoms with E-state index in [0.717, 1.165) is 11.1 Å². The van der Waals surface area contributed by atoms with Crippen LogP contribution in [0.25, 0.3) is 0 Å². The zero-order chi connectivity index (χ0) is 15.6. The third-order valence-corrected chi connectivity index (χ3v) is 2.98. The summed E-state index contributed by atoms with van der Waals surface area (Å²) >= 11 is 0. The van der Waals surface area contributed by atoms with Gasteiger partial charge in [0, 0.05) is 12.3 Å². The van der Waals surface area contributed by atoms with Gasteiger partial charge >= 0.3 is 0 Å². The summed E-state index contributed by atoms with van der Waals surface area (Å²) in [6.45, 7) is 3.55. The van der Waals surface area contributed by atoms with E-state index >= 15 is 0 Å². The van der Waals surface area contributed by atoms with Crippen LogP contribution in [0.4, 0.5) is 5.69 Å². The number of rotatable bonds is 4. The van der Waals surface area contributed by atoms with E-state index < -0.39 is 4.92 Å². The standard InChI is InChI=1S/C14H14N4O3/c1-8-3-4-10(18(19)20)7-11(8)21-14-12(13(15)16)9(2)5-6-17-14/h3-7H,1-2H3,(H3,15,16). The molecular weight excluding hydrogens is 272 g/mol. The highest BCUT2D eigenvalue weighted by atomic mass is 16.6. The lowest BCUT2D eigenvalue weighted by atomic mass is 10.1. The first kappa shape index (κ1) is 14.4. The van der Waals surface area contributed by atoms with Crippen molar-refractivity contribution in [1.29, 1.82) is 5.41 Å². The first-order chi connectivity index (χ1) is 9.90. The number of non-ortho nitro benzene ring substituents is 1. The van der Waals surface area contributed by atoms with Crippen molar-refractivity contribution in [3.8, 4) is 11.6 Å². The molecule has 1 aromatic heterocycles. The maximum Gasteiger partial charge on any atom is 0.273 e. The number of nitrogens with zero attached hydrogens (tertiary/aromatic N) is 2. The Morgan fingerprint density at radius 2 is 2.05 bits per heavy atom. The maximum absolute atomic E-state index is 10.8. The molecule has 7 nitrogen and oxygen atoms in total. The lowest BCUT2D eigenvalue weighted by Gasteiger charge is -2.12. The second-order valence-corrected chi connectivity index (χ2v) is 4.53. The molecule has 0 spiro atoms. The number of nitrogens with two attached hydrogens (primary N) is 1. The van der Waals surface area contributed by atoms with Crippen LogP contribution in [-0.4, -0.2) is 15.7 Å². The molecule has 0 aliphatic heterocycles. The zero-order valence-corrected chi connectivity index (χ0v) is 11.6. The van der Waals surface area contributed by atoms with Crippen LogP contribution in [0.3, 0.4) is 0 Å². The summed E-state index contributed by atoms with van der Waals surface area (Å²) in [5.74, 6) is 0.301. The molecule has 0 aliphatic carbocycles. The number of aryl methyl sites for hydroxylation is 2. The second kappa shape index (κ2) is 5.58. The lowest BCUT2D eigenvalue weighted by Crippen LogP contribution is -2.15. The number of nitrogens with one attached hydrogen (secondary N) is 1. The van der Waals surface area contributed by atoms with Crippen LogP contribution < -0.4 is 10.5 Å². The molecule has 21 heavy (non-hydrogen) atoms. The molecule has 0 fully saturated rings. The Labute approximate surface area is 121 Å². The van der Waals surface area contributed by atoms with Gasteiger partial charge in [-0.1, -0.05) is 0 Å². The minimum atomic E-state index is -0.498. The van der Waals surface area contributed by atoms with E-state index in [2.05, 4.69) is 4.98 Å². The topological polar surface area (TPSA) is 115 Å². The lowest BCUT2D eigenvalue weighted by molar-refractivity contribution is -0.384. The van der Waals surface area contributed by atoms with Crippen molar-refractivity contribution in [2.75, 3.05) is 0 Å². The van der Waals surface area contributed by atoms with Crippen LogP contribution >= 0.6 is 0 Å². The van der Waals surface area contributed by atoms with Crippen molar-refractivity contribution >= 4 is 11.5 Å². The molecule has 0 saturated heterocycles. The van der Waals surface area contributed by atoms with Crippen molar-refractivity contribution in [2.45, 2.75) is 13.8 Å². The molecule has 0 unspecified atom stereocenters. The number of hydrogen-bond acceptors (Lipinski definition) is 5. The van der Waals surface area contributed by atoms with E-state index in [1.54, 1.807) is 26.0 Å². The average Bonchev–Trinajstić information content (AvgIpc) is 2.40. The Morgan fingerprint density at radius 3 is 2.67 bits per heavy atom. The fourth-order valence-electron chi connectivity index (χ4n) is 1.85. The first-order valence-electron chi connectivity index (χ1n) is 6.13. The Balaban J connectivity index is 2.48. The van der Waals surface area contributed by atoms with Crippen LogP contribution in [0, 0.1) is 29.4 Å². The van der Waals surface area contributed by atoms with E-state index in [1.807, 2.05) is 0 Å². The number of benzene rings is 1. The summed E-state index contributed by atoms with van der Waals surface area (Å²) in [5.41, 5.74) is 7.31. The van der Waals surface area contributed by atoms with Gasteiger partial charge < -0.3 is 10.5 Å². The van der Waals surface area contributed by atoms with Gasteiger partial charge in [-0.05, 0) is 37.1 Å². The summed E-state index contributed by atoms with van der Waals surface area (Å²) in [4.78, 5) is 14.4. The summed E-state index contributed by atoms with van der Waals surface area (Å²) in [6.07, 6.45) is 1.53. The molecule has 0 aliphatic rings. The molecule has 1 heterocycles. The molecule has 7 heteroatoms. The third kappa shape index (κ3) is 2.97. The molecule has 0 bridgehead atoms. The minimum absolute atomic E-state index is 0.0763. The maximum atomic E-state index is 10.8. The van der Waals surface area contributed by atoms with Crippen molar-refractivity contribution in [3.63, 3.8) is 0 Å². The Bertz CT molecular complexity index is 728. The number of amidine groups is 1. The van der Waals surface area contributed by atoms with Crippen LogP contribution in [0.15, 0.2) is 30.5 Å². The minimum Gasteiger partial charge on any atom is -0.438 e. The largest absolute Gasteiger partial charge is 0.438 e. The van der Waals surface area contributed by atoms with Crippen LogP contribution in [0.5, 0.6) is 11.6 Å².